The summed E-state index contributed by atoms with van der Waals surface area (Å²) in [6, 6.07) is 11.2. The fraction of sp³-hybridized carbons (Fsp3) is 0.188. The molecule has 0 fully saturated rings. The molecule has 4 heteroatoms. The van der Waals surface area contributed by atoms with Crippen molar-refractivity contribution in [3.8, 4) is 5.75 Å². The summed E-state index contributed by atoms with van der Waals surface area (Å²) < 4.78 is 6.07. The van der Waals surface area contributed by atoms with Gasteiger partial charge in [-0.15, -0.1) is 0 Å². The summed E-state index contributed by atoms with van der Waals surface area (Å²) in [5, 5.41) is 0.762. The van der Waals surface area contributed by atoms with E-state index < -0.39 is 0 Å². The molecule has 0 N–H and O–H groups in total. The highest BCUT2D eigenvalue weighted by atomic mass is 79.9. The number of hydrogen-bond donors (Lipinski definition) is 0. The number of ether oxygens (including phenoxy) is 1. The number of aryl methyl sites for hydroxylation is 1. The third kappa shape index (κ3) is 3.13. The van der Waals surface area contributed by atoms with E-state index in [0.29, 0.717) is 11.1 Å². The van der Waals surface area contributed by atoms with Gasteiger partial charge in [-0.3, -0.25) is 4.79 Å². The van der Waals surface area contributed by atoms with Gasteiger partial charge in [0.1, 0.15) is 5.75 Å². The van der Waals surface area contributed by atoms with Crippen LogP contribution in [0.3, 0.4) is 0 Å². The van der Waals surface area contributed by atoms with E-state index in [2.05, 4.69) is 31.9 Å². The highest BCUT2D eigenvalue weighted by Gasteiger charge is 2.14. The molecule has 0 saturated carbocycles. The maximum Gasteiger partial charge on any atom is 0.194 e. The molecular formula is C16H14Br2O2. The molecule has 0 saturated heterocycles. The summed E-state index contributed by atoms with van der Waals surface area (Å²) in [5.41, 5.74) is 3.41. The Balaban J connectivity index is 2.41. The van der Waals surface area contributed by atoms with E-state index in [1.165, 1.54) is 0 Å². The van der Waals surface area contributed by atoms with Crippen LogP contribution in [0.2, 0.25) is 0 Å². The molecule has 0 radical (unpaired) electrons. The summed E-state index contributed by atoms with van der Waals surface area (Å²) >= 11 is 6.87. The molecule has 2 nitrogen and oxygen atoms in total. The number of rotatable bonds is 4. The van der Waals surface area contributed by atoms with E-state index in [-0.39, 0.29) is 5.78 Å². The van der Waals surface area contributed by atoms with Crippen molar-refractivity contribution in [2.75, 3.05) is 7.11 Å². The lowest BCUT2D eigenvalue weighted by molar-refractivity contribution is 0.103. The topological polar surface area (TPSA) is 26.3 Å². The SMILES string of the molecule is COc1cc(C(=O)c2ccc(CBr)cc2Br)ccc1C. The van der Waals surface area contributed by atoms with Gasteiger partial charge in [-0.25, -0.2) is 0 Å². The van der Waals surface area contributed by atoms with Gasteiger partial charge in [-0.05, 0) is 36.2 Å². The Morgan fingerprint density at radius 1 is 1.20 bits per heavy atom. The number of hydrogen-bond acceptors (Lipinski definition) is 2. The van der Waals surface area contributed by atoms with Gasteiger partial charge in [-0.2, -0.15) is 0 Å². The predicted molar refractivity (Wildman–Crippen MR) is 87.9 cm³/mol. The van der Waals surface area contributed by atoms with Crippen LogP contribution in [0.1, 0.15) is 27.0 Å². The number of alkyl halides is 1. The fourth-order valence-electron chi connectivity index (χ4n) is 1.94. The number of halogens is 2. The van der Waals surface area contributed by atoms with Crippen molar-refractivity contribution in [2.24, 2.45) is 0 Å². The van der Waals surface area contributed by atoms with Gasteiger partial charge in [0.25, 0.3) is 0 Å². The third-order valence-corrected chi connectivity index (χ3v) is 4.41. The molecule has 0 unspecified atom stereocenters. The van der Waals surface area contributed by atoms with Crippen molar-refractivity contribution in [2.45, 2.75) is 12.3 Å². The zero-order chi connectivity index (χ0) is 14.7. The van der Waals surface area contributed by atoms with Crippen LogP contribution in [-0.4, -0.2) is 12.9 Å². The second-order valence-corrected chi connectivity index (χ2v) is 5.88. The molecule has 0 spiro atoms. The molecule has 2 aromatic rings. The summed E-state index contributed by atoms with van der Waals surface area (Å²) in [6.45, 7) is 1.95. The van der Waals surface area contributed by atoms with Crippen molar-refractivity contribution >= 4 is 37.6 Å². The minimum atomic E-state index is -0.0173. The molecule has 0 heterocycles. The first-order chi connectivity index (χ1) is 9.56. The molecule has 0 aromatic heterocycles. The summed E-state index contributed by atoms with van der Waals surface area (Å²) in [7, 11) is 1.61. The summed E-state index contributed by atoms with van der Waals surface area (Å²) in [4.78, 5) is 12.5. The van der Waals surface area contributed by atoms with Crippen molar-refractivity contribution in [3.05, 3.63) is 63.1 Å². The molecule has 0 aliphatic rings. The van der Waals surface area contributed by atoms with Gasteiger partial charge in [-0.1, -0.05) is 50.1 Å². The van der Waals surface area contributed by atoms with E-state index in [1.54, 1.807) is 13.2 Å². The lowest BCUT2D eigenvalue weighted by Crippen LogP contribution is -2.03. The molecule has 20 heavy (non-hydrogen) atoms. The van der Waals surface area contributed by atoms with Crippen LogP contribution in [0.4, 0.5) is 0 Å². The van der Waals surface area contributed by atoms with Gasteiger partial charge in [0.05, 0.1) is 7.11 Å². The van der Waals surface area contributed by atoms with Gasteiger partial charge in [0.15, 0.2) is 5.78 Å². The van der Waals surface area contributed by atoms with Crippen LogP contribution in [0, 0.1) is 6.92 Å². The van der Waals surface area contributed by atoms with Gasteiger partial charge in [0, 0.05) is 20.9 Å². The van der Waals surface area contributed by atoms with Gasteiger partial charge >= 0.3 is 0 Å². The quantitative estimate of drug-likeness (QED) is 0.542. The first kappa shape index (κ1) is 15.3. The Kier molecular flexibility index (Phi) is 5.00. The third-order valence-electron chi connectivity index (χ3n) is 3.10. The highest BCUT2D eigenvalue weighted by molar-refractivity contribution is 9.10. The summed E-state index contributed by atoms with van der Waals surface area (Å²) in [5.74, 6) is 0.709. The molecular weight excluding hydrogens is 384 g/mol. The van der Waals surface area contributed by atoms with Crippen LogP contribution in [0.5, 0.6) is 5.75 Å². The Morgan fingerprint density at radius 2 is 1.95 bits per heavy atom. The molecule has 104 valence electrons. The Labute approximate surface area is 135 Å². The maximum absolute atomic E-state index is 12.5. The largest absolute Gasteiger partial charge is 0.496 e. The Hall–Kier alpha value is -1.13. The molecule has 0 aliphatic carbocycles. The lowest BCUT2D eigenvalue weighted by Gasteiger charge is -2.09. The van der Waals surface area contributed by atoms with Crippen molar-refractivity contribution in [1.29, 1.82) is 0 Å². The van der Waals surface area contributed by atoms with Crippen LogP contribution in [-0.2, 0) is 5.33 Å². The zero-order valence-electron chi connectivity index (χ0n) is 11.2. The standard InChI is InChI=1S/C16H14Br2O2/c1-10-3-5-12(8-15(10)20-2)16(19)13-6-4-11(9-17)7-14(13)18/h3-8H,9H2,1-2H3. The minimum absolute atomic E-state index is 0.0173. The van der Waals surface area contributed by atoms with Crippen molar-refractivity contribution < 1.29 is 9.53 Å². The predicted octanol–water partition coefficient (Wildman–Crippen LogP) is 4.89. The van der Waals surface area contributed by atoms with Crippen molar-refractivity contribution in [3.63, 3.8) is 0 Å². The van der Waals surface area contributed by atoms with E-state index in [4.69, 9.17) is 4.74 Å². The number of methoxy groups -OCH3 is 1. The van der Waals surface area contributed by atoms with Crippen LogP contribution < -0.4 is 4.74 Å². The van der Waals surface area contributed by atoms with Gasteiger partial charge in [0.2, 0.25) is 0 Å². The molecule has 0 aliphatic heterocycles. The average Bonchev–Trinajstić information content (AvgIpc) is 2.47. The molecule has 2 rings (SSSR count). The highest BCUT2D eigenvalue weighted by Crippen LogP contribution is 2.25. The molecule has 0 atom stereocenters. The number of carbonyl (C=O) groups is 1. The normalized spacial score (nSPS) is 10.4. The Bertz CT molecular complexity index is 651. The fourth-order valence-corrected chi connectivity index (χ4v) is 2.90. The van der Waals surface area contributed by atoms with Crippen LogP contribution >= 0.6 is 31.9 Å². The molecule has 0 bridgehead atoms. The molecule has 0 amide bonds. The zero-order valence-corrected chi connectivity index (χ0v) is 14.4. The second-order valence-electron chi connectivity index (χ2n) is 4.46. The monoisotopic (exact) mass is 396 g/mol. The van der Waals surface area contributed by atoms with E-state index in [1.807, 2.05) is 37.3 Å². The maximum atomic E-state index is 12.5. The van der Waals surface area contributed by atoms with E-state index in [0.717, 1.165) is 26.7 Å². The smallest absolute Gasteiger partial charge is 0.194 e. The van der Waals surface area contributed by atoms with Crippen LogP contribution in [0.15, 0.2) is 40.9 Å². The second kappa shape index (κ2) is 6.55. The van der Waals surface area contributed by atoms with Gasteiger partial charge < -0.3 is 4.74 Å². The minimum Gasteiger partial charge on any atom is -0.496 e. The molecule has 2 aromatic carbocycles. The number of ketones is 1. The first-order valence-corrected chi connectivity index (χ1v) is 8.02. The lowest BCUT2D eigenvalue weighted by atomic mass is 10.0. The van der Waals surface area contributed by atoms with Crippen LogP contribution in [0.25, 0.3) is 0 Å². The van der Waals surface area contributed by atoms with Crippen molar-refractivity contribution in [1.82, 2.24) is 0 Å². The first-order valence-electron chi connectivity index (χ1n) is 6.10. The number of carbonyl (C=O) groups excluding carboxylic acids is 1. The average molecular weight is 398 g/mol. The van der Waals surface area contributed by atoms with E-state index in [9.17, 15) is 4.79 Å². The Morgan fingerprint density at radius 3 is 2.55 bits per heavy atom. The van der Waals surface area contributed by atoms with E-state index >= 15 is 0 Å². The summed E-state index contributed by atoms with van der Waals surface area (Å²) in [6.07, 6.45) is 0. The number of benzene rings is 2.